The number of hydrogen-bond donors (Lipinski definition) is 2. The van der Waals surface area contributed by atoms with Crippen LogP contribution in [0.3, 0.4) is 0 Å². The zero-order valence-electron chi connectivity index (χ0n) is 10.7. The molecule has 6 nitrogen and oxygen atoms in total. The average Bonchev–Trinajstić information content (AvgIpc) is 3.02. The Labute approximate surface area is 105 Å². The first-order chi connectivity index (χ1) is 8.41. The van der Waals surface area contributed by atoms with Crippen molar-refractivity contribution < 1.29 is 14.7 Å². The van der Waals surface area contributed by atoms with Gasteiger partial charge in [-0.25, -0.2) is 4.79 Å². The van der Waals surface area contributed by atoms with Gasteiger partial charge in [-0.2, -0.15) is 5.10 Å². The van der Waals surface area contributed by atoms with Crippen molar-refractivity contribution in [2.24, 2.45) is 0 Å². The van der Waals surface area contributed by atoms with Gasteiger partial charge in [-0.15, -0.1) is 0 Å². The minimum atomic E-state index is -1.01. The number of hydrogen-bond acceptors (Lipinski definition) is 3. The Morgan fingerprint density at radius 2 is 2.06 bits per heavy atom. The number of rotatable bonds is 4. The second-order valence-electron chi connectivity index (χ2n) is 4.75. The molecule has 98 valence electrons. The van der Waals surface area contributed by atoms with Gasteiger partial charge in [0, 0.05) is 6.04 Å². The average molecular weight is 251 g/mol. The first kappa shape index (κ1) is 12.6. The Morgan fingerprint density at radius 1 is 1.44 bits per heavy atom. The standard InChI is InChI=1S/C12H17N3O3/c1-6-10(12(17)18)7(2)15(14-6)8(3)11(16)13-9-4-5-9/h8-9H,4-5H2,1-3H3,(H,13,16)(H,17,18). The quantitative estimate of drug-likeness (QED) is 0.837. The van der Waals surface area contributed by atoms with Crippen LogP contribution >= 0.6 is 0 Å². The largest absolute Gasteiger partial charge is 0.478 e. The minimum Gasteiger partial charge on any atom is -0.478 e. The van der Waals surface area contributed by atoms with Crippen LogP contribution in [-0.4, -0.2) is 32.8 Å². The summed E-state index contributed by atoms with van der Waals surface area (Å²) >= 11 is 0. The molecule has 0 radical (unpaired) electrons. The Balaban J connectivity index is 2.24. The van der Waals surface area contributed by atoms with E-state index in [2.05, 4.69) is 10.4 Å². The summed E-state index contributed by atoms with van der Waals surface area (Å²) in [6.07, 6.45) is 2.05. The molecule has 2 N–H and O–H groups in total. The van der Waals surface area contributed by atoms with Gasteiger partial charge in [0.05, 0.1) is 11.4 Å². The van der Waals surface area contributed by atoms with Crippen LogP contribution in [0.25, 0.3) is 0 Å². The van der Waals surface area contributed by atoms with E-state index in [4.69, 9.17) is 5.11 Å². The maximum Gasteiger partial charge on any atom is 0.339 e. The molecule has 1 aliphatic carbocycles. The highest BCUT2D eigenvalue weighted by molar-refractivity contribution is 5.90. The van der Waals surface area contributed by atoms with Crippen LogP contribution in [0.15, 0.2) is 0 Å². The zero-order valence-corrected chi connectivity index (χ0v) is 10.7. The number of aromatic nitrogens is 2. The number of aryl methyl sites for hydroxylation is 1. The van der Waals surface area contributed by atoms with Gasteiger partial charge in [0.25, 0.3) is 0 Å². The monoisotopic (exact) mass is 251 g/mol. The van der Waals surface area contributed by atoms with Crippen LogP contribution in [0.2, 0.25) is 0 Å². The maximum absolute atomic E-state index is 11.9. The molecule has 1 unspecified atom stereocenters. The second-order valence-corrected chi connectivity index (χ2v) is 4.75. The molecule has 0 aromatic carbocycles. The van der Waals surface area contributed by atoms with Crippen molar-refractivity contribution in [1.29, 1.82) is 0 Å². The van der Waals surface area contributed by atoms with Crippen molar-refractivity contribution >= 4 is 11.9 Å². The van der Waals surface area contributed by atoms with Gasteiger partial charge in [-0.1, -0.05) is 0 Å². The Hall–Kier alpha value is -1.85. The first-order valence-electron chi connectivity index (χ1n) is 6.01. The molecule has 1 atom stereocenters. The van der Waals surface area contributed by atoms with Crippen molar-refractivity contribution in [1.82, 2.24) is 15.1 Å². The predicted molar refractivity (Wildman–Crippen MR) is 64.5 cm³/mol. The molecule has 2 rings (SSSR count). The Bertz CT molecular complexity index is 503. The van der Waals surface area contributed by atoms with Crippen molar-refractivity contribution in [2.45, 2.75) is 45.7 Å². The summed E-state index contributed by atoms with van der Waals surface area (Å²) in [4.78, 5) is 23.0. The van der Waals surface area contributed by atoms with Crippen molar-refractivity contribution in [3.8, 4) is 0 Å². The minimum absolute atomic E-state index is 0.111. The number of nitrogens with one attached hydrogen (secondary N) is 1. The second kappa shape index (κ2) is 4.44. The SMILES string of the molecule is Cc1nn(C(C)C(=O)NC2CC2)c(C)c1C(=O)O. The van der Waals surface area contributed by atoms with E-state index in [1.165, 1.54) is 4.68 Å². The van der Waals surface area contributed by atoms with Crippen LogP contribution in [0, 0.1) is 13.8 Å². The molecule has 1 aromatic rings. The van der Waals surface area contributed by atoms with E-state index in [0.717, 1.165) is 12.8 Å². The number of nitrogens with zero attached hydrogens (tertiary/aromatic N) is 2. The lowest BCUT2D eigenvalue weighted by atomic mass is 10.2. The summed E-state index contributed by atoms with van der Waals surface area (Å²) in [5, 5.41) is 16.1. The number of carboxylic acids is 1. The summed E-state index contributed by atoms with van der Waals surface area (Å²) in [6.45, 7) is 5.03. The highest BCUT2D eigenvalue weighted by Crippen LogP contribution is 2.21. The van der Waals surface area contributed by atoms with Crippen LogP contribution in [-0.2, 0) is 4.79 Å². The topological polar surface area (TPSA) is 84.2 Å². The third-order valence-electron chi connectivity index (χ3n) is 3.21. The highest BCUT2D eigenvalue weighted by Gasteiger charge is 2.28. The number of carboxylic acid groups (broad SMARTS) is 1. The van der Waals surface area contributed by atoms with Crippen LogP contribution < -0.4 is 5.32 Å². The van der Waals surface area contributed by atoms with Gasteiger partial charge >= 0.3 is 5.97 Å². The molecule has 1 fully saturated rings. The lowest BCUT2D eigenvalue weighted by molar-refractivity contribution is -0.124. The number of carbonyl (C=O) groups excluding carboxylic acids is 1. The lowest BCUT2D eigenvalue weighted by Gasteiger charge is -2.14. The van der Waals surface area contributed by atoms with E-state index in [1.54, 1.807) is 20.8 Å². The molecular formula is C12H17N3O3. The molecule has 1 saturated carbocycles. The summed E-state index contributed by atoms with van der Waals surface area (Å²) in [5.74, 6) is -1.12. The maximum atomic E-state index is 11.9. The third kappa shape index (κ3) is 2.23. The first-order valence-corrected chi connectivity index (χ1v) is 6.01. The van der Waals surface area contributed by atoms with E-state index >= 15 is 0 Å². The molecule has 1 aromatic heterocycles. The lowest BCUT2D eigenvalue weighted by Crippen LogP contribution is -2.33. The summed E-state index contributed by atoms with van der Waals surface area (Å²) in [5.41, 5.74) is 1.13. The molecule has 0 spiro atoms. The van der Waals surface area contributed by atoms with Gasteiger partial charge in [-0.3, -0.25) is 9.48 Å². The van der Waals surface area contributed by atoms with Crippen LogP contribution in [0.5, 0.6) is 0 Å². The van der Waals surface area contributed by atoms with E-state index < -0.39 is 12.0 Å². The molecular weight excluding hydrogens is 234 g/mol. The van der Waals surface area contributed by atoms with Gasteiger partial charge in [-0.05, 0) is 33.6 Å². The van der Waals surface area contributed by atoms with Crippen molar-refractivity contribution in [3.63, 3.8) is 0 Å². The number of carbonyl (C=O) groups is 2. The molecule has 1 amide bonds. The van der Waals surface area contributed by atoms with E-state index in [-0.39, 0.29) is 17.5 Å². The molecule has 0 saturated heterocycles. The molecule has 0 bridgehead atoms. The Kier molecular flexibility index (Phi) is 3.11. The predicted octanol–water partition coefficient (Wildman–Crippen LogP) is 1.04. The molecule has 1 heterocycles. The molecule has 0 aliphatic heterocycles. The molecule has 18 heavy (non-hydrogen) atoms. The van der Waals surface area contributed by atoms with Crippen LogP contribution in [0.1, 0.15) is 47.6 Å². The molecule has 6 heteroatoms. The van der Waals surface area contributed by atoms with Crippen LogP contribution in [0.4, 0.5) is 0 Å². The van der Waals surface area contributed by atoms with E-state index in [0.29, 0.717) is 11.4 Å². The summed E-state index contributed by atoms with van der Waals surface area (Å²) in [6, 6.07) is -0.201. The van der Waals surface area contributed by atoms with Gasteiger partial charge in [0.2, 0.25) is 5.91 Å². The normalized spacial score (nSPS) is 16.4. The third-order valence-corrected chi connectivity index (χ3v) is 3.21. The van der Waals surface area contributed by atoms with E-state index in [1.807, 2.05) is 0 Å². The van der Waals surface area contributed by atoms with Gasteiger partial charge < -0.3 is 10.4 Å². The fraction of sp³-hybridized carbons (Fsp3) is 0.583. The fourth-order valence-corrected chi connectivity index (χ4v) is 2.01. The smallest absolute Gasteiger partial charge is 0.339 e. The van der Waals surface area contributed by atoms with Gasteiger partial charge in [0.15, 0.2) is 0 Å². The van der Waals surface area contributed by atoms with E-state index in [9.17, 15) is 9.59 Å². The van der Waals surface area contributed by atoms with Crippen molar-refractivity contribution in [3.05, 3.63) is 17.0 Å². The summed E-state index contributed by atoms with van der Waals surface area (Å²) < 4.78 is 1.48. The van der Waals surface area contributed by atoms with Crippen molar-refractivity contribution in [2.75, 3.05) is 0 Å². The zero-order chi connectivity index (χ0) is 13.4. The summed E-state index contributed by atoms with van der Waals surface area (Å²) in [7, 11) is 0. The fourth-order valence-electron chi connectivity index (χ4n) is 2.01. The number of aromatic carboxylic acids is 1. The van der Waals surface area contributed by atoms with Gasteiger partial charge in [0.1, 0.15) is 11.6 Å². The molecule has 1 aliphatic rings. The number of amides is 1. The Morgan fingerprint density at radius 3 is 2.50 bits per heavy atom. The highest BCUT2D eigenvalue weighted by atomic mass is 16.4.